The number of aromatic nitrogens is 1. The van der Waals surface area contributed by atoms with E-state index in [9.17, 15) is 9.90 Å². The van der Waals surface area contributed by atoms with E-state index in [2.05, 4.69) is 20.3 Å². The smallest absolute Gasteiger partial charge is 0.267 e. The van der Waals surface area contributed by atoms with Crippen molar-refractivity contribution in [1.29, 1.82) is 16.1 Å². The number of nitriles is 1. The van der Waals surface area contributed by atoms with Gasteiger partial charge < -0.3 is 33.0 Å². The van der Waals surface area contributed by atoms with E-state index in [0.29, 0.717) is 5.69 Å². The molecule has 0 bridgehead atoms. The van der Waals surface area contributed by atoms with Crippen LogP contribution in [-0.4, -0.2) is 53.2 Å². The van der Waals surface area contributed by atoms with Crippen molar-refractivity contribution in [3.05, 3.63) is 34.5 Å². The normalized spacial score (nSPS) is 12.6. The van der Waals surface area contributed by atoms with Crippen molar-refractivity contribution in [1.82, 2.24) is 4.98 Å². The van der Waals surface area contributed by atoms with E-state index in [4.69, 9.17) is 33.3 Å². The number of carbonyl (C=O) groups is 1. The molecule has 12 heteroatoms. The van der Waals surface area contributed by atoms with Gasteiger partial charge in [0.25, 0.3) is 5.91 Å². The lowest BCUT2D eigenvalue weighted by Gasteiger charge is -2.12. The Labute approximate surface area is 166 Å². The Kier molecular flexibility index (Phi) is 7.98. The number of aliphatic hydroxyl groups excluding tert-OH is 1. The highest BCUT2D eigenvalue weighted by Gasteiger charge is 2.19. The van der Waals surface area contributed by atoms with Crippen molar-refractivity contribution < 1.29 is 9.90 Å². The summed E-state index contributed by atoms with van der Waals surface area (Å²) in [6, 6.07) is 3.24. The summed E-state index contributed by atoms with van der Waals surface area (Å²) in [5, 5.41) is 37.4. The summed E-state index contributed by atoms with van der Waals surface area (Å²) in [5.74, 6) is -2.14. The molecule has 0 aromatic carbocycles. The standard InChI is InChI=1S/C17H22N10O2/c1-8(20)14(28)13(25-5-3-4-18)16(22)27-15(21)12-9(7-19)10(24-2)6-11(26-12)17(23)29/h6-7,19,28H,3,5,20H2,1-2H3,(H2,23,29)(H,24,26)(H3,21,22,27)/b14-8+,19-7?,25-13?. The maximum atomic E-state index is 11.5. The van der Waals surface area contributed by atoms with Crippen molar-refractivity contribution in [2.24, 2.45) is 27.2 Å². The number of pyridine rings is 1. The third-order valence-electron chi connectivity index (χ3n) is 3.52. The summed E-state index contributed by atoms with van der Waals surface area (Å²) in [6.07, 6.45) is 0.999. The molecule has 152 valence electrons. The monoisotopic (exact) mass is 398 g/mol. The molecular weight excluding hydrogens is 376 g/mol. The fourth-order valence-corrected chi connectivity index (χ4v) is 2.12. The Balaban J connectivity index is 3.54. The Morgan fingerprint density at radius 3 is 2.59 bits per heavy atom. The van der Waals surface area contributed by atoms with Gasteiger partial charge in [-0.25, -0.2) is 9.98 Å². The molecule has 0 radical (unpaired) electrons. The summed E-state index contributed by atoms with van der Waals surface area (Å²) in [6.45, 7) is 1.44. The number of anilines is 1. The van der Waals surface area contributed by atoms with E-state index >= 15 is 0 Å². The number of amides is 1. The molecule has 0 aliphatic rings. The largest absolute Gasteiger partial charge is 0.504 e. The van der Waals surface area contributed by atoms with Crippen molar-refractivity contribution in [2.45, 2.75) is 13.3 Å². The second-order valence-corrected chi connectivity index (χ2v) is 5.59. The molecule has 0 aliphatic heterocycles. The van der Waals surface area contributed by atoms with Crippen LogP contribution in [0.4, 0.5) is 5.69 Å². The number of hydrogen-bond donors (Lipinski definition) is 7. The first-order chi connectivity index (χ1) is 13.7. The minimum absolute atomic E-state index is 0.0110. The predicted octanol–water partition coefficient (Wildman–Crippen LogP) is 0.00532. The minimum Gasteiger partial charge on any atom is -0.504 e. The zero-order valence-corrected chi connectivity index (χ0v) is 15.9. The molecule has 0 saturated heterocycles. The van der Waals surface area contributed by atoms with Crippen LogP contribution >= 0.6 is 0 Å². The van der Waals surface area contributed by atoms with Crippen LogP contribution in [0.15, 0.2) is 27.5 Å². The molecule has 0 aliphatic carbocycles. The number of nitrogens with two attached hydrogens (primary N) is 3. The van der Waals surface area contributed by atoms with Gasteiger partial charge >= 0.3 is 0 Å². The molecule has 0 atom stereocenters. The van der Waals surface area contributed by atoms with Gasteiger partial charge in [-0.3, -0.25) is 15.2 Å². The van der Waals surface area contributed by atoms with E-state index < -0.39 is 17.5 Å². The zero-order valence-electron chi connectivity index (χ0n) is 15.9. The maximum absolute atomic E-state index is 11.5. The molecule has 0 fully saturated rings. The van der Waals surface area contributed by atoms with Crippen LogP contribution in [0.2, 0.25) is 0 Å². The van der Waals surface area contributed by atoms with Gasteiger partial charge in [0.2, 0.25) is 0 Å². The number of rotatable bonds is 8. The van der Waals surface area contributed by atoms with Gasteiger partial charge in [-0.1, -0.05) is 0 Å². The number of nitrogens with one attached hydrogen (secondary N) is 3. The zero-order chi connectivity index (χ0) is 22.1. The lowest BCUT2D eigenvalue weighted by atomic mass is 10.1. The molecule has 1 aromatic heterocycles. The molecule has 0 unspecified atom stereocenters. The van der Waals surface area contributed by atoms with E-state index in [-0.39, 0.29) is 47.2 Å². The summed E-state index contributed by atoms with van der Waals surface area (Å²) in [7, 11) is 1.56. The van der Waals surface area contributed by atoms with Crippen molar-refractivity contribution in [3.63, 3.8) is 0 Å². The molecule has 12 nitrogen and oxygen atoms in total. The van der Waals surface area contributed by atoms with Gasteiger partial charge in [0.05, 0.1) is 19.0 Å². The van der Waals surface area contributed by atoms with Crippen molar-refractivity contribution in [3.8, 4) is 6.07 Å². The predicted molar refractivity (Wildman–Crippen MR) is 111 cm³/mol. The summed E-state index contributed by atoms with van der Waals surface area (Å²) in [4.78, 5) is 23.4. The topological polar surface area (TPSA) is 236 Å². The Bertz CT molecular complexity index is 965. The number of aliphatic imine (C=N–C) groups is 2. The first kappa shape index (κ1) is 22.8. The van der Waals surface area contributed by atoms with E-state index in [1.807, 2.05) is 6.07 Å². The van der Waals surface area contributed by atoms with Crippen LogP contribution in [-0.2, 0) is 0 Å². The molecule has 10 N–H and O–H groups in total. The average Bonchev–Trinajstić information content (AvgIpc) is 2.69. The second kappa shape index (κ2) is 10.2. The highest BCUT2D eigenvalue weighted by atomic mass is 16.3. The van der Waals surface area contributed by atoms with E-state index in [1.54, 1.807) is 7.05 Å². The quantitative estimate of drug-likeness (QED) is 0.137. The Hall–Kier alpha value is -4.27. The highest BCUT2D eigenvalue weighted by Crippen LogP contribution is 2.19. The summed E-state index contributed by atoms with van der Waals surface area (Å²) in [5.41, 5.74) is 16.8. The third kappa shape index (κ3) is 5.60. The first-order valence-electron chi connectivity index (χ1n) is 8.21. The summed E-state index contributed by atoms with van der Waals surface area (Å²) >= 11 is 0. The number of primary amides is 1. The summed E-state index contributed by atoms with van der Waals surface area (Å²) < 4.78 is 0. The van der Waals surface area contributed by atoms with Crippen LogP contribution in [0.1, 0.15) is 35.1 Å². The maximum Gasteiger partial charge on any atom is 0.267 e. The van der Waals surface area contributed by atoms with Crippen molar-refractivity contribution in [2.75, 3.05) is 18.9 Å². The lowest BCUT2D eigenvalue weighted by Crippen LogP contribution is -2.29. The number of aliphatic hydroxyl groups is 1. The number of hydrogen-bond acceptors (Lipinski definition) is 9. The number of amidine groups is 2. The molecule has 0 spiro atoms. The molecule has 29 heavy (non-hydrogen) atoms. The molecule has 0 saturated carbocycles. The van der Waals surface area contributed by atoms with Gasteiger partial charge in [0.15, 0.2) is 17.4 Å². The lowest BCUT2D eigenvalue weighted by molar-refractivity contribution is 0.0995. The van der Waals surface area contributed by atoms with E-state index in [1.165, 1.54) is 13.0 Å². The van der Waals surface area contributed by atoms with Crippen LogP contribution < -0.4 is 22.5 Å². The van der Waals surface area contributed by atoms with Gasteiger partial charge in [0.1, 0.15) is 17.1 Å². The third-order valence-corrected chi connectivity index (χ3v) is 3.52. The highest BCUT2D eigenvalue weighted by molar-refractivity contribution is 6.48. The van der Waals surface area contributed by atoms with Crippen LogP contribution in [0, 0.1) is 22.1 Å². The second-order valence-electron chi connectivity index (χ2n) is 5.59. The fourth-order valence-electron chi connectivity index (χ4n) is 2.12. The van der Waals surface area contributed by atoms with Crippen molar-refractivity contribution >= 4 is 35.2 Å². The van der Waals surface area contributed by atoms with Gasteiger partial charge in [-0.05, 0) is 13.0 Å². The van der Waals surface area contributed by atoms with Crippen LogP contribution in [0.3, 0.4) is 0 Å². The Morgan fingerprint density at radius 1 is 1.45 bits per heavy atom. The number of nitrogens with zero attached hydrogens (tertiary/aromatic N) is 4. The molecule has 1 amide bonds. The van der Waals surface area contributed by atoms with Gasteiger partial charge in [-0.2, -0.15) is 5.26 Å². The Morgan fingerprint density at radius 2 is 2.10 bits per heavy atom. The minimum atomic E-state index is -0.831. The fraction of sp³-hybridized carbons (Fsp3) is 0.235. The van der Waals surface area contributed by atoms with Gasteiger partial charge in [-0.15, -0.1) is 0 Å². The molecule has 1 heterocycles. The SMILES string of the molecule is CNc1cc(C(N)=O)nc(C(=N)N=C(N)C(=NCCC#N)/C(O)=C(/C)N)c1C=N. The first-order valence-corrected chi connectivity index (χ1v) is 8.21. The number of allylic oxidation sites excluding steroid dienone is 1. The average molecular weight is 398 g/mol. The van der Waals surface area contributed by atoms with Crippen LogP contribution in [0.5, 0.6) is 0 Å². The molecular formula is C17H22N10O2. The molecule has 1 rings (SSSR count). The number of carbonyl (C=O) groups excluding carboxylic acids is 1. The van der Waals surface area contributed by atoms with Gasteiger partial charge in [0, 0.05) is 30.2 Å². The molecule has 1 aromatic rings. The van der Waals surface area contributed by atoms with E-state index in [0.717, 1.165) is 6.21 Å². The van der Waals surface area contributed by atoms with Crippen LogP contribution in [0.25, 0.3) is 0 Å².